The van der Waals surface area contributed by atoms with E-state index in [4.69, 9.17) is 14.6 Å². The van der Waals surface area contributed by atoms with Crippen LogP contribution in [0.2, 0.25) is 0 Å². The highest BCUT2D eigenvalue weighted by atomic mass is 16.6. The minimum absolute atomic E-state index is 0.103. The van der Waals surface area contributed by atoms with Crippen molar-refractivity contribution in [2.75, 3.05) is 31.7 Å². The molecule has 0 saturated heterocycles. The molecule has 0 aromatic heterocycles. The van der Waals surface area contributed by atoms with E-state index < -0.39 is 6.10 Å². The molecule has 3 N–H and O–H groups in total. The van der Waals surface area contributed by atoms with E-state index in [2.05, 4.69) is 5.32 Å². The van der Waals surface area contributed by atoms with Crippen LogP contribution in [0.15, 0.2) is 42.5 Å². The molecule has 2 aromatic carbocycles. The van der Waals surface area contributed by atoms with Crippen LogP contribution >= 0.6 is 0 Å². The van der Waals surface area contributed by atoms with Gasteiger partial charge in [0.05, 0.1) is 12.7 Å². The zero-order valence-electron chi connectivity index (χ0n) is 13.1. The SMILES string of the molecule is O=C(c1ccc(NCC(O)CO)cc1)c1ccc2c(c1)OCCO2. The summed E-state index contributed by atoms with van der Waals surface area (Å²) in [6, 6.07) is 12.1. The topological polar surface area (TPSA) is 88.0 Å². The second-order valence-corrected chi connectivity index (χ2v) is 5.48. The van der Waals surface area contributed by atoms with Gasteiger partial charge in [-0.2, -0.15) is 0 Å². The number of anilines is 1. The molecule has 0 saturated carbocycles. The number of fused-ring (bicyclic) bond motifs is 1. The molecule has 6 heteroatoms. The number of hydrogen-bond acceptors (Lipinski definition) is 6. The van der Waals surface area contributed by atoms with E-state index in [1.54, 1.807) is 42.5 Å². The van der Waals surface area contributed by atoms with Gasteiger partial charge in [-0.05, 0) is 42.5 Å². The number of rotatable bonds is 6. The van der Waals surface area contributed by atoms with Crippen molar-refractivity contribution in [1.29, 1.82) is 0 Å². The molecule has 1 heterocycles. The van der Waals surface area contributed by atoms with Gasteiger partial charge in [0.1, 0.15) is 13.2 Å². The maximum Gasteiger partial charge on any atom is 0.193 e. The number of ether oxygens (including phenoxy) is 2. The third-order valence-electron chi connectivity index (χ3n) is 3.70. The van der Waals surface area contributed by atoms with Crippen molar-refractivity contribution in [2.24, 2.45) is 0 Å². The average Bonchev–Trinajstić information content (AvgIpc) is 2.65. The van der Waals surface area contributed by atoms with Gasteiger partial charge in [-0.3, -0.25) is 4.79 Å². The predicted octanol–water partition coefficient (Wildman–Crippen LogP) is 1.45. The van der Waals surface area contributed by atoms with E-state index in [1.807, 2.05) is 0 Å². The summed E-state index contributed by atoms with van der Waals surface area (Å²) in [5.41, 5.74) is 1.86. The highest BCUT2D eigenvalue weighted by molar-refractivity contribution is 6.09. The Morgan fingerprint density at radius 2 is 1.71 bits per heavy atom. The summed E-state index contributed by atoms with van der Waals surface area (Å²) in [6.45, 7) is 0.935. The number of carbonyl (C=O) groups excluding carboxylic acids is 1. The number of ketones is 1. The summed E-state index contributed by atoms with van der Waals surface area (Å²) >= 11 is 0. The molecule has 3 rings (SSSR count). The van der Waals surface area contributed by atoms with Gasteiger partial charge in [-0.25, -0.2) is 0 Å². The molecular weight excluding hydrogens is 310 g/mol. The van der Waals surface area contributed by atoms with Gasteiger partial charge in [0.2, 0.25) is 0 Å². The monoisotopic (exact) mass is 329 g/mol. The van der Waals surface area contributed by atoms with E-state index in [0.29, 0.717) is 35.8 Å². The summed E-state index contributed by atoms with van der Waals surface area (Å²) in [4.78, 5) is 12.6. The average molecular weight is 329 g/mol. The molecule has 1 aliphatic rings. The van der Waals surface area contributed by atoms with Gasteiger partial charge in [-0.1, -0.05) is 0 Å². The molecule has 1 atom stereocenters. The summed E-state index contributed by atoms with van der Waals surface area (Å²) in [5, 5.41) is 21.1. The van der Waals surface area contributed by atoms with Gasteiger partial charge in [-0.15, -0.1) is 0 Å². The van der Waals surface area contributed by atoms with Gasteiger partial charge in [0.25, 0.3) is 0 Å². The van der Waals surface area contributed by atoms with Gasteiger partial charge < -0.3 is 25.0 Å². The number of aliphatic hydroxyl groups is 2. The lowest BCUT2D eigenvalue weighted by molar-refractivity contribution is 0.103. The Bertz CT molecular complexity index is 714. The van der Waals surface area contributed by atoms with Gasteiger partial charge in [0.15, 0.2) is 17.3 Å². The summed E-state index contributed by atoms with van der Waals surface area (Å²) in [6.07, 6.45) is -0.816. The zero-order valence-corrected chi connectivity index (χ0v) is 13.1. The molecule has 0 aliphatic carbocycles. The van der Waals surface area contributed by atoms with E-state index >= 15 is 0 Å². The van der Waals surface area contributed by atoms with Crippen LogP contribution in [-0.4, -0.2) is 48.5 Å². The quantitative estimate of drug-likeness (QED) is 0.695. The molecule has 126 valence electrons. The number of carbonyl (C=O) groups is 1. The lowest BCUT2D eigenvalue weighted by Gasteiger charge is -2.18. The van der Waals surface area contributed by atoms with Crippen LogP contribution in [0, 0.1) is 0 Å². The minimum atomic E-state index is -0.816. The lowest BCUT2D eigenvalue weighted by Crippen LogP contribution is -2.22. The minimum Gasteiger partial charge on any atom is -0.486 e. The predicted molar refractivity (Wildman–Crippen MR) is 88.9 cm³/mol. The van der Waals surface area contributed by atoms with Crippen molar-refractivity contribution in [3.8, 4) is 11.5 Å². The van der Waals surface area contributed by atoms with Crippen molar-refractivity contribution >= 4 is 11.5 Å². The molecule has 6 nitrogen and oxygen atoms in total. The van der Waals surface area contributed by atoms with E-state index in [1.165, 1.54) is 0 Å². The first-order valence-corrected chi connectivity index (χ1v) is 7.74. The second kappa shape index (κ2) is 7.33. The molecule has 1 unspecified atom stereocenters. The molecule has 24 heavy (non-hydrogen) atoms. The number of nitrogens with one attached hydrogen (secondary N) is 1. The maximum atomic E-state index is 12.6. The first-order valence-electron chi connectivity index (χ1n) is 7.74. The Morgan fingerprint density at radius 1 is 1.04 bits per heavy atom. The molecule has 0 amide bonds. The van der Waals surface area contributed by atoms with Crippen LogP contribution in [0.5, 0.6) is 11.5 Å². The third-order valence-corrected chi connectivity index (χ3v) is 3.70. The Balaban J connectivity index is 1.71. The van der Waals surface area contributed by atoms with Crippen molar-refractivity contribution in [3.05, 3.63) is 53.6 Å². The second-order valence-electron chi connectivity index (χ2n) is 5.48. The summed E-state index contributed by atoms with van der Waals surface area (Å²) in [5.74, 6) is 1.14. The van der Waals surface area contributed by atoms with Gasteiger partial charge >= 0.3 is 0 Å². The molecule has 0 fully saturated rings. The molecule has 0 spiro atoms. The van der Waals surface area contributed by atoms with Crippen molar-refractivity contribution in [1.82, 2.24) is 0 Å². The highest BCUT2D eigenvalue weighted by Gasteiger charge is 2.16. The van der Waals surface area contributed by atoms with Crippen molar-refractivity contribution in [2.45, 2.75) is 6.10 Å². The standard InChI is InChI=1S/C18H19NO5/c20-11-15(21)10-19-14-4-1-12(2-5-14)18(22)13-3-6-16-17(9-13)24-8-7-23-16/h1-6,9,15,19-21H,7-8,10-11H2. The van der Waals surface area contributed by atoms with Crippen LogP contribution in [0.3, 0.4) is 0 Å². The fourth-order valence-electron chi connectivity index (χ4n) is 2.39. The first kappa shape index (κ1) is 16.3. The fourth-order valence-corrected chi connectivity index (χ4v) is 2.39. The van der Waals surface area contributed by atoms with Crippen LogP contribution in [-0.2, 0) is 0 Å². The number of aliphatic hydroxyl groups excluding tert-OH is 2. The Hall–Kier alpha value is -2.57. The first-order chi connectivity index (χ1) is 11.7. The molecular formula is C18H19NO5. The Labute approximate surface area is 139 Å². The van der Waals surface area contributed by atoms with Crippen molar-refractivity contribution < 1.29 is 24.5 Å². The molecule has 0 bridgehead atoms. The highest BCUT2D eigenvalue weighted by Crippen LogP contribution is 2.31. The molecule has 1 aliphatic heterocycles. The van der Waals surface area contributed by atoms with Crippen LogP contribution in [0.25, 0.3) is 0 Å². The largest absolute Gasteiger partial charge is 0.486 e. The smallest absolute Gasteiger partial charge is 0.193 e. The zero-order chi connectivity index (χ0) is 16.9. The normalized spacial score (nSPS) is 14.1. The Morgan fingerprint density at radius 3 is 2.42 bits per heavy atom. The summed E-state index contributed by atoms with van der Waals surface area (Å²) in [7, 11) is 0. The lowest BCUT2D eigenvalue weighted by atomic mass is 10.0. The van der Waals surface area contributed by atoms with E-state index in [9.17, 15) is 9.90 Å². The Kier molecular flexibility index (Phi) is 4.98. The fraction of sp³-hybridized carbons (Fsp3) is 0.278. The maximum absolute atomic E-state index is 12.6. The van der Waals surface area contributed by atoms with E-state index in [0.717, 1.165) is 5.69 Å². The molecule has 2 aromatic rings. The third kappa shape index (κ3) is 3.67. The van der Waals surface area contributed by atoms with Crippen LogP contribution in [0.4, 0.5) is 5.69 Å². The summed E-state index contributed by atoms with van der Waals surface area (Å²) < 4.78 is 11.0. The van der Waals surface area contributed by atoms with Crippen LogP contribution < -0.4 is 14.8 Å². The molecule has 0 radical (unpaired) electrons. The van der Waals surface area contributed by atoms with Crippen molar-refractivity contribution in [3.63, 3.8) is 0 Å². The van der Waals surface area contributed by atoms with Gasteiger partial charge in [0, 0.05) is 23.4 Å². The van der Waals surface area contributed by atoms with E-state index in [-0.39, 0.29) is 18.9 Å². The number of hydrogen-bond donors (Lipinski definition) is 3. The van der Waals surface area contributed by atoms with Crippen LogP contribution in [0.1, 0.15) is 15.9 Å². The number of benzene rings is 2.